The quantitative estimate of drug-likeness (QED) is 0.447. The zero-order valence-electron chi connectivity index (χ0n) is 19.6. The van der Waals surface area contributed by atoms with E-state index in [-0.39, 0.29) is 11.8 Å². The fraction of sp³-hybridized carbons (Fsp3) is 0.172. The summed E-state index contributed by atoms with van der Waals surface area (Å²) in [5.74, 6) is 0.404. The molecule has 0 saturated carbocycles. The van der Waals surface area contributed by atoms with Gasteiger partial charge in [0.2, 0.25) is 0 Å². The molecular weight excluding hydrogens is 438 g/mol. The standard InChI is InChI=1S/C29H27N3O3/c1-35-27-20-23-10-6-5-9-22(23)19-26(27)28(33)30-24-11-13-25(14-12-24)31-15-17-32(18-16-31)29(34)21-7-3-2-4-8-21/h2-14,19-20H,15-18H2,1H3,(H,30,33). The van der Waals surface area contributed by atoms with E-state index in [2.05, 4.69) is 10.2 Å². The Morgan fingerprint density at radius 1 is 0.771 bits per heavy atom. The Bertz CT molecular complexity index is 1340. The summed E-state index contributed by atoms with van der Waals surface area (Å²) in [6.45, 7) is 2.87. The van der Waals surface area contributed by atoms with Gasteiger partial charge in [-0.25, -0.2) is 0 Å². The molecule has 1 fully saturated rings. The smallest absolute Gasteiger partial charge is 0.259 e. The molecule has 2 amide bonds. The summed E-state index contributed by atoms with van der Waals surface area (Å²) in [6.07, 6.45) is 0. The lowest BCUT2D eigenvalue weighted by atomic mass is 10.1. The molecule has 1 aliphatic rings. The van der Waals surface area contributed by atoms with Gasteiger partial charge in [-0.3, -0.25) is 9.59 Å². The summed E-state index contributed by atoms with van der Waals surface area (Å²) in [6, 6.07) is 28.8. The minimum atomic E-state index is -0.214. The van der Waals surface area contributed by atoms with Crippen LogP contribution in [0.2, 0.25) is 0 Å². The second-order valence-electron chi connectivity index (χ2n) is 8.55. The average Bonchev–Trinajstić information content (AvgIpc) is 2.93. The normalized spacial score (nSPS) is 13.5. The lowest BCUT2D eigenvalue weighted by molar-refractivity contribution is 0.0746. The first-order valence-corrected chi connectivity index (χ1v) is 11.7. The van der Waals surface area contributed by atoms with E-state index in [9.17, 15) is 9.59 Å². The number of ether oxygens (including phenoxy) is 1. The summed E-state index contributed by atoms with van der Waals surface area (Å²) in [5, 5.41) is 4.99. The van der Waals surface area contributed by atoms with Gasteiger partial charge in [-0.2, -0.15) is 0 Å². The van der Waals surface area contributed by atoms with Crippen LogP contribution in [-0.4, -0.2) is 50.0 Å². The number of nitrogens with one attached hydrogen (secondary N) is 1. The highest BCUT2D eigenvalue weighted by Gasteiger charge is 2.22. The fourth-order valence-corrected chi connectivity index (χ4v) is 4.45. The molecule has 176 valence electrons. The summed E-state index contributed by atoms with van der Waals surface area (Å²) < 4.78 is 5.47. The third kappa shape index (κ3) is 4.82. The maximum atomic E-state index is 13.0. The molecule has 35 heavy (non-hydrogen) atoms. The van der Waals surface area contributed by atoms with E-state index in [0.29, 0.717) is 30.1 Å². The van der Waals surface area contributed by atoms with Crippen molar-refractivity contribution in [3.8, 4) is 5.75 Å². The van der Waals surface area contributed by atoms with Crippen LogP contribution in [0.3, 0.4) is 0 Å². The monoisotopic (exact) mass is 465 g/mol. The number of hydrogen-bond acceptors (Lipinski definition) is 4. The van der Waals surface area contributed by atoms with Gasteiger partial charge in [0.05, 0.1) is 12.7 Å². The van der Waals surface area contributed by atoms with Gasteiger partial charge in [-0.05, 0) is 59.3 Å². The van der Waals surface area contributed by atoms with E-state index in [1.54, 1.807) is 7.11 Å². The molecule has 0 spiro atoms. The third-order valence-corrected chi connectivity index (χ3v) is 6.39. The fourth-order valence-electron chi connectivity index (χ4n) is 4.45. The minimum absolute atomic E-state index is 0.0763. The number of amides is 2. The molecular formula is C29H27N3O3. The molecule has 0 bridgehead atoms. The molecule has 6 heteroatoms. The van der Waals surface area contributed by atoms with Crippen LogP contribution in [0.5, 0.6) is 5.75 Å². The summed E-state index contributed by atoms with van der Waals surface area (Å²) >= 11 is 0. The van der Waals surface area contributed by atoms with Crippen LogP contribution in [-0.2, 0) is 0 Å². The molecule has 0 atom stereocenters. The number of carbonyl (C=O) groups is 2. The van der Waals surface area contributed by atoms with Crippen molar-refractivity contribution in [1.82, 2.24) is 4.90 Å². The van der Waals surface area contributed by atoms with Crippen LogP contribution >= 0.6 is 0 Å². The largest absolute Gasteiger partial charge is 0.496 e. The highest BCUT2D eigenvalue weighted by molar-refractivity contribution is 6.08. The van der Waals surface area contributed by atoms with E-state index in [0.717, 1.165) is 35.1 Å². The number of carbonyl (C=O) groups excluding carboxylic acids is 2. The van der Waals surface area contributed by atoms with E-state index in [4.69, 9.17) is 4.74 Å². The molecule has 0 radical (unpaired) electrons. The van der Waals surface area contributed by atoms with Crippen LogP contribution < -0.4 is 15.0 Å². The number of hydrogen-bond donors (Lipinski definition) is 1. The van der Waals surface area contributed by atoms with E-state index in [1.165, 1.54) is 0 Å². The first-order chi connectivity index (χ1) is 17.1. The molecule has 0 unspecified atom stereocenters. The molecule has 0 aromatic heterocycles. The van der Waals surface area contributed by atoms with Crippen molar-refractivity contribution in [3.63, 3.8) is 0 Å². The van der Waals surface area contributed by atoms with Crippen molar-refractivity contribution in [1.29, 1.82) is 0 Å². The maximum absolute atomic E-state index is 13.0. The minimum Gasteiger partial charge on any atom is -0.496 e. The highest BCUT2D eigenvalue weighted by Crippen LogP contribution is 2.27. The van der Waals surface area contributed by atoms with Crippen LogP contribution in [0.15, 0.2) is 91.0 Å². The van der Waals surface area contributed by atoms with E-state index >= 15 is 0 Å². The van der Waals surface area contributed by atoms with Crippen molar-refractivity contribution in [2.24, 2.45) is 0 Å². The SMILES string of the molecule is COc1cc2ccccc2cc1C(=O)Nc1ccc(N2CCN(C(=O)c3ccccc3)CC2)cc1. The van der Waals surface area contributed by atoms with Crippen LogP contribution in [0, 0.1) is 0 Å². The van der Waals surface area contributed by atoms with Crippen molar-refractivity contribution >= 4 is 34.0 Å². The highest BCUT2D eigenvalue weighted by atomic mass is 16.5. The van der Waals surface area contributed by atoms with Gasteiger partial charge in [-0.15, -0.1) is 0 Å². The summed E-state index contributed by atoms with van der Waals surface area (Å²) in [7, 11) is 1.57. The number of benzene rings is 4. The molecule has 4 aromatic carbocycles. The maximum Gasteiger partial charge on any atom is 0.259 e. The number of rotatable bonds is 5. The Kier molecular flexibility index (Phi) is 6.35. The molecule has 0 aliphatic carbocycles. The number of nitrogens with zero attached hydrogens (tertiary/aromatic N) is 2. The van der Waals surface area contributed by atoms with Gasteiger partial charge in [0, 0.05) is 43.1 Å². The van der Waals surface area contributed by atoms with Gasteiger partial charge in [-0.1, -0.05) is 42.5 Å². The number of fused-ring (bicyclic) bond motifs is 1. The van der Waals surface area contributed by atoms with Crippen LogP contribution in [0.4, 0.5) is 11.4 Å². The predicted octanol–water partition coefficient (Wildman–Crippen LogP) is 5.06. The molecule has 1 N–H and O–H groups in total. The average molecular weight is 466 g/mol. The summed E-state index contributed by atoms with van der Waals surface area (Å²) in [5.41, 5.74) is 3.00. The molecule has 1 saturated heterocycles. The van der Waals surface area contributed by atoms with Crippen LogP contribution in [0.25, 0.3) is 10.8 Å². The van der Waals surface area contributed by atoms with Gasteiger partial charge < -0.3 is 19.9 Å². The van der Waals surface area contributed by atoms with Crippen molar-refractivity contribution < 1.29 is 14.3 Å². The number of methoxy groups -OCH3 is 1. The Hall–Kier alpha value is -4.32. The van der Waals surface area contributed by atoms with Gasteiger partial charge >= 0.3 is 0 Å². The molecule has 5 rings (SSSR count). The molecule has 4 aromatic rings. The van der Waals surface area contributed by atoms with Crippen LogP contribution in [0.1, 0.15) is 20.7 Å². The Balaban J connectivity index is 1.23. The zero-order valence-corrected chi connectivity index (χ0v) is 19.6. The summed E-state index contributed by atoms with van der Waals surface area (Å²) in [4.78, 5) is 29.8. The number of piperazine rings is 1. The van der Waals surface area contributed by atoms with E-state index < -0.39 is 0 Å². The zero-order chi connectivity index (χ0) is 24.2. The molecule has 6 nitrogen and oxygen atoms in total. The number of anilines is 2. The predicted molar refractivity (Wildman–Crippen MR) is 139 cm³/mol. The van der Waals surface area contributed by atoms with Gasteiger partial charge in [0.15, 0.2) is 0 Å². The van der Waals surface area contributed by atoms with Crippen molar-refractivity contribution in [2.45, 2.75) is 0 Å². The lowest BCUT2D eigenvalue weighted by Gasteiger charge is -2.36. The van der Waals surface area contributed by atoms with Gasteiger partial charge in [0.25, 0.3) is 11.8 Å². The van der Waals surface area contributed by atoms with Gasteiger partial charge in [0.1, 0.15) is 5.75 Å². The molecule has 1 aliphatic heterocycles. The van der Waals surface area contributed by atoms with Crippen molar-refractivity contribution in [3.05, 3.63) is 102 Å². The first kappa shape index (κ1) is 22.5. The Morgan fingerprint density at radius 2 is 1.40 bits per heavy atom. The second kappa shape index (κ2) is 9.89. The van der Waals surface area contributed by atoms with E-state index in [1.807, 2.05) is 95.9 Å². The lowest BCUT2D eigenvalue weighted by Crippen LogP contribution is -2.48. The first-order valence-electron chi connectivity index (χ1n) is 11.7. The Labute approximate surface area is 204 Å². The Morgan fingerprint density at radius 3 is 2.06 bits per heavy atom. The second-order valence-corrected chi connectivity index (χ2v) is 8.55. The van der Waals surface area contributed by atoms with Crippen molar-refractivity contribution in [2.75, 3.05) is 43.5 Å². The topological polar surface area (TPSA) is 61.9 Å². The molecule has 1 heterocycles. The third-order valence-electron chi connectivity index (χ3n) is 6.39.